The lowest BCUT2D eigenvalue weighted by atomic mass is 9.68. The van der Waals surface area contributed by atoms with E-state index < -0.39 is 17.3 Å². The minimum absolute atomic E-state index is 0.128. The minimum atomic E-state index is -1.24. The van der Waals surface area contributed by atoms with Crippen molar-refractivity contribution in [1.29, 1.82) is 0 Å². The largest absolute Gasteiger partial charge is 0.480 e. The van der Waals surface area contributed by atoms with Crippen molar-refractivity contribution in [1.82, 2.24) is 10.3 Å². The van der Waals surface area contributed by atoms with E-state index in [0.717, 1.165) is 12.1 Å². The van der Waals surface area contributed by atoms with Crippen molar-refractivity contribution >= 4 is 11.9 Å². The fourth-order valence-corrected chi connectivity index (χ4v) is 2.01. The van der Waals surface area contributed by atoms with Gasteiger partial charge in [0.2, 0.25) is 11.8 Å². The highest BCUT2D eigenvalue weighted by atomic mass is 16.4. The second kappa shape index (κ2) is 4.44. The van der Waals surface area contributed by atoms with E-state index in [0.29, 0.717) is 24.5 Å². The van der Waals surface area contributed by atoms with E-state index in [2.05, 4.69) is 10.3 Å². The van der Waals surface area contributed by atoms with Crippen molar-refractivity contribution in [3.63, 3.8) is 0 Å². The monoisotopic (exact) mass is 252 g/mol. The number of hydrogen-bond donors (Lipinski definition) is 2. The smallest absolute Gasteiger partial charge is 0.319 e. The second-order valence-corrected chi connectivity index (χ2v) is 4.67. The number of carboxylic acids is 1. The molecular weight excluding hydrogens is 236 g/mol. The molecule has 0 aliphatic heterocycles. The first-order valence-corrected chi connectivity index (χ1v) is 5.90. The first-order chi connectivity index (χ1) is 8.45. The van der Waals surface area contributed by atoms with Gasteiger partial charge >= 0.3 is 5.97 Å². The number of aryl methyl sites for hydroxylation is 2. The molecule has 6 nitrogen and oxygen atoms in total. The van der Waals surface area contributed by atoms with Crippen LogP contribution in [0.4, 0.5) is 0 Å². The summed E-state index contributed by atoms with van der Waals surface area (Å²) in [4.78, 5) is 27.1. The van der Waals surface area contributed by atoms with Crippen LogP contribution in [0.5, 0.6) is 0 Å². The number of aromatic nitrogens is 1. The average molecular weight is 252 g/mol. The Morgan fingerprint density at radius 1 is 1.44 bits per heavy atom. The van der Waals surface area contributed by atoms with E-state index >= 15 is 0 Å². The molecule has 98 valence electrons. The van der Waals surface area contributed by atoms with Crippen LogP contribution < -0.4 is 5.32 Å². The maximum Gasteiger partial charge on any atom is 0.319 e. The van der Waals surface area contributed by atoms with Crippen LogP contribution in [0, 0.1) is 19.3 Å². The summed E-state index contributed by atoms with van der Waals surface area (Å²) >= 11 is 0. The third kappa shape index (κ3) is 1.98. The van der Waals surface area contributed by atoms with E-state index in [1.807, 2.05) is 6.92 Å². The van der Waals surface area contributed by atoms with Gasteiger partial charge in [-0.15, -0.1) is 0 Å². The van der Waals surface area contributed by atoms with E-state index in [4.69, 9.17) is 9.52 Å². The number of hydrogen-bond acceptors (Lipinski definition) is 4. The van der Waals surface area contributed by atoms with E-state index in [1.165, 1.54) is 0 Å². The second-order valence-electron chi connectivity index (χ2n) is 4.67. The van der Waals surface area contributed by atoms with Gasteiger partial charge < -0.3 is 14.8 Å². The standard InChI is InChI=1S/C12H16N2O4/c1-7-8(2)18-9(14-7)6-13-10(15)12(11(16)17)4-3-5-12/h3-6H2,1-2H3,(H,13,15)(H,16,17). The zero-order valence-electron chi connectivity index (χ0n) is 10.4. The number of nitrogens with one attached hydrogen (secondary N) is 1. The van der Waals surface area contributed by atoms with E-state index in [-0.39, 0.29) is 6.54 Å². The van der Waals surface area contributed by atoms with Gasteiger partial charge in [0.1, 0.15) is 11.2 Å². The van der Waals surface area contributed by atoms with Crippen molar-refractivity contribution in [3.8, 4) is 0 Å². The quantitative estimate of drug-likeness (QED) is 0.784. The van der Waals surface area contributed by atoms with E-state index in [1.54, 1.807) is 6.92 Å². The lowest BCUT2D eigenvalue weighted by molar-refractivity contribution is -0.162. The molecule has 1 aromatic rings. The summed E-state index contributed by atoms with van der Waals surface area (Å²) in [6.07, 6.45) is 1.58. The molecule has 1 fully saturated rings. The van der Waals surface area contributed by atoms with Gasteiger partial charge in [0.15, 0.2) is 0 Å². The Bertz CT molecular complexity index is 469. The summed E-state index contributed by atoms with van der Waals surface area (Å²) in [5.74, 6) is -0.394. The van der Waals surface area contributed by atoms with Gasteiger partial charge in [-0.2, -0.15) is 0 Å². The maximum atomic E-state index is 11.9. The summed E-state index contributed by atoms with van der Waals surface area (Å²) in [5.41, 5.74) is -0.465. The molecule has 1 aromatic heterocycles. The Hall–Kier alpha value is -1.85. The highest BCUT2D eigenvalue weighted by molar-refractivity contribution is 6.02. The number of carbonyl (C=O) groups is 2. The lowest BCUT2D eigenvalue weighted by Crippen LogP contribution is -2.50. The molecular formula is C12H16N2O4. The Balaban J connectivity index is 1.98. The first-order valence-electron chi connectivity index (χ1n) is 5.90. The van der Waals surface area contributed by atoms with Crippen LogP contribution in [-0.4, -0.2) is 22.0 Å². The molecule has 1 amide bonds. The summed E-state index contributed by atoms with van der Waals surface area (Å²) in [5, 5.41) is 11.7. The van der Waals surface area contributed by atoms with Crippen LogP contribution in [-0.2, 0) is 16.1 Å². The molecule has 1 aliphatic rings. The van der Waals surface area contributed by atoms with Crippen LogP contribution in [0.3, 0.4) is 0 Å². The molecule has 0 spiro atoms. The lowest BCUT2D eigenvalue weighted by Gasteiger charge is -2.35. The number of oxazole rings is 1. The fraction of sp³-hybridized carbons (Fsp3) is 0.583. The van der Waals surface area contributed by atoms with Gasteiger partial charge in [-0.1, -0.05) is 6.42 Å². The molecule has 0 bridgehead atoms. The molecule has 1 saturated carbocycles. The number of rotatable bonds is 4. The number of carboxylic acid groups (broad SMARTS) is 1. The van der Waals surface area contributed by atoms with Gasteiger partial charge in [-0.25, -0.2) is 4.98 Å². The van der Waals surface area contributed by atoms with Crippen LogP contribution in [0.15, 0.2) is 4.42 Å². The number of aliphatic carboxylic acids is 1. The zero-order valence-corrected chi connectivity index (χ0v) is 10.4. The molecule has 2 N–H and O–H groups in total. The van der Waals surface area contributed by atoms with Crippen LogP contribution >= 0.6 is 0 Å². The van der Waals surface area contributed by atoms with Crippen molar-refractivity contribution in [3.05, 3.63) is 17.3 Å². The third-order valence-electron chi connectivity index (χ3n) is 3.52. The van der Waals surface area contributed by atoms with Crippen molar-refractivity contribution < 1.29 is 19.1 Å². The predicted octanol–water partition coefficient (Wildman–Crippen LogP) is 1.16. The van der Waals surface area contributed by atoms with Crippen LogP contribution in [0.2, 0.25) is 0 Å². The normalized spacial score (nSPS) is 17.0. The van der Waals surface area contributed by atoms with E-state index in [9.17, 15) is 9.59 Å². The predicted molar refractivity (Wildman–Crippen MR) is 61.7 cm³/mol. The molecule has 6 heteroatoms. The van der Waals surface area contributed by atoms with Gasteiger partial charge in [0.25, 0.3) is 0 Å². The summed E-state index contributed by atoms with van der Waals surface area (Å²) in [6.45, 7) is 3.73. The number of amides is 1. The average Bonchev–Trinajstić information content (AvgIpc) is 2.53. The number of carbonyl (C=O) groups excluding carboxylic acids is 1. The fourth-order valence-electron chi connectivity index (χ4n) is 2.01. The molecule has 1 heterocycles. The Kier molecular flexibility index (Phi) is 3.11. The van der Waals surface area contributed by atoms with Crippen LogP contribution in [0.1, 0.15) is 36.6 Å². The van der Waals surface area contributed by atoms with Crippen molar-refractivity contribution in [2.75, 3.05) is 0 Å². The Labute approximate surface area is 104 Å². The Morgan fingerprint density at radius 2 is 2.11 bits per heavy atom. The molecule has 0 aromatic carbocycles. The third-order valence-corrected chi connectivity index (χ3v) is 3.52. The summed E-state index contributed by atoms with van der Waals surface area (Å²) < 4.78 is 5.32. The molecule has 0 unspecified atom stereocenters. The molecule has 0 atom stereocenters. The highest BCUT2D eigenvalue weighted by Gasteiger charge is 2.51. The number of nitrogens with zero attached hydrogens (tertiary/aromatic N) is 1. The maximum absolute atomic E-state index is 11.9. The molecule has 1 aliphatic carbocycles. The zero-order chi connectivity index (χ0) is 13.3. The minimum Gasteiger partial charge on any atom is -0.480 e. The summed E-state index contributed by atoms with van der Waals surface area (Å²) in [6, 6.07) is 0. The van der Waals surface area contributed by atoms with Gasteiger partial charge in [0.05, 0.1) is 12.2 Å². The Morgan fingerprint density at radius 3 is 2.50 bits per heavy atom. The van der Waals surface area contributed by atoms with Gasteiger partial charge in [-0.05, 0) is 26.7 Å². The summed E-state index contributed by atoms with van der Waals surface area (Å²) in [7, 11) is 0. The molecule has 2 rings (SSSR count). The SMILES string of the molecule is Cc1nc(CNC(=O)C2(C(=O)O)CCC2)oc1C. The van der Waals surface area contributed by atoms with Crippen molar-refractivity contribution in [2.24, 2.45) is 5.41 Å². The molecule has 0 saturated heterocycles. The highest BCUT2D eigenvalue weighted by Crippen LogP contribution is 2.41. The molecule has 0 radical (unpaired) electrons. The molecule has 18 heavy (non-hydrogen) atoms. The first kappa shape index (κ1) is 12.6. The van der Waals surface area contributed by atoms with Gasteiger partial charge in [-0.3, -0.25) is 9.59 Å². The van der Waals surface area contributed by atoms with Gasteiger partial charge in [0, 0.05) is 0 Å². The van der Waals surface area contributed by atoms with Crippen LogP contribution in [0.25, 0.3) is 0 Å². The topological polar surface area (TPSA) is 92.4 Å². The van der Waals surface area contributed by atoms with Crippen molar-refractivity contribution in [2.45, 2.75) is 39.7 Å².